The van der Waals surface area contributed by atoms with Gasteiger partial charge in [-0.05, 0) is 65.0 Å². The largest absolute Gasteiger partial charge is 0.445 e. The molecule has 2 saturated heterocycles. The summed E-state index contributed by atoms with van der Waals surface area (Å²) in [7, 11) is 0. The molecule has 3 heterocycles. The number of rotatable bonds is 11. The lowest BCUT2D eigenvalue weighted by atomic mass is 9.88. The van der Waals surface area contributed by atoms with Gasteiger partial charge in [0.25, 0.3) is 0 Å². The summed E-state index contributed by atoms with van der Waals surface area (Å²) in [4.78, 5) is 44.0. The second kappa shape index (κ2) is 14.1. The predicted octanol–water partition coefficient (Wildman–Crippen LogP) is 4.48. The van der Waals surface area contributed by atoms with Crippen LogP contribution in [0.1, 0.15) is 84.1 Å². The molecule has 11 heteroatoms. The molecular formula is C30H44N4O7. The number of carbonyl (C=O) groups is 3. The van der Waals surface area contributed by atoms with Crippen LogP contribution in [0.15, 0.2) is 28.7 Å². The molecule has 11 nitrogen and oxygen atoms in total. The maximum Gasteiger partial charge on any atom is 0.410 e. The number of fused-ring (bicyclic) bond motifs is 1. The van der Waals surface area contributed by atoms with Crippen molar-refractivity contribution in [2.45, 2.75) is 96.0 Å². The molecular weight excluding hydrogens is 528 g/mol. The van der Waals surface area contributed by atoms with Crippen LogP contribution in [0.3, 0.4) is 0 Å². The number of aliphatic hydroxyl groups is 1. The van der Waals surface area contributed by atoms with E-state index in [0.29, 0.717) is 63.0 Å². The van der Waals surface area contributed by atoms with Gasteiger partial charge in [0.1, 0.15) is 29.1 Å². The van der Waals surface area contributed by atoms with E-state index in [2.05, 4.69) is 15.6 Å². The summed E-state index contributed by atoms with van der Waals surface area (Å²) in [6.07, 6.45) is 3.25. The van der Waals surface area contributed by atoms with Gasteiger partial charge in [-0.25, -0.2) is 14.6 Å². The minimum atomic E-state index is -1.07. The molecule has 3 N–H and O–H groups in total. The standard InChI is InChI=1S/C30H44N4O7/c1-30(2,3)41-28(37)31-14-8-7-11-20(26(36)27-33-22-12-5-6-13-25(22)40-27)17-24(35)23-18-21(19-32-23)39-29(38)34-15-9-4-10-16-34/h5-6,12-13,20-21,23,26,32,36H,4,7-11,14-19H2,1-3H3,(H,31,37)/t20-,21-,23+,26?/m1/s1. The topological polar surface area (TPSA) is 143 Å². The van der Waals surface area contributed by atoms with Crippen LogP contribution in [0.5, 0.6) is 0 Å². The number of oxazole rings is 1. The molecule has 2 aliphatic rings. The van der Waals surface area contributed by atoms with Crippen LogP contribution in [0.25, 0.3) is 11.1 Å². The molecule has 2 fully saturated rings. The van der Waals surface area contributed by atoms with E-state index in [9.17, 15) is 19.5 Å². The number of hydrogen-bond acceptors (Lipinski definition) is 9. The molecule has 4 rings (SSSR count). The number of benzene rings is 1. The third kappa shape index (κ3) is 9.16. The Morgan fingerprint density at radius 2 is 1.93 bits per heavy atom. The minimum Gasteiger partial charge on any atom is -0.445 e. The summed E-state index contributed by atoms with van der Waals surface area (Å²) in [6, 6.07) is 6.82. The molecule has 2 aromatic rings. The fraction of sp³-hybridized carbons (Fsp3) is 0.667. The summed E-state index contributed by atoms with van der Waals surface area (Å²) in [6.45, 7) is 7.69. The van der Waals surface area contributed by atoms with Crippen LogP contribution in [-0.4, -0.2) is 76.9 Å². The SMILES string of the molecule is CC(C)(C)OC(=O)NCCCC[C@H](CC(=O)[C@@H]1C[C@@H](OC(=O)N2CCCCC2)CN1)C(O)c1nc2ccccc2o1. The van der Waals surface area contributed by atoms with Crippen molar-refractivity contribution >= 4 is 29.1 Å². The van der Waals surface area contributed by atoms with Crippen molar-refractivity contribution in [3.8, 4) is 0 Å². The number of amides is 2. The van der Waals surface area contributed by atoms with Gasteiger partial charge in [0.05, 0.1) is 6.04 Å². The zero-order valence-electron chi connectivity index (χ0n) is 24.4. The lowest BCUT2D eigenvalue weighted by Crippen LogP contribution is -2.38. The Kier molecular flexibility index (Phi) is 10.6. The first-order valence-electron chi connectivity index (χ1n) is 14.8. The Morgan fingerprint density at radius 1 is 1.17 bits per heavy atom. The molecule has 0 radical (unpaired) electrons. The van der Waals surface area contributed by atoms with E-state index in [-0.39, 0.29) is 30.3 Å². The van der Waals surface area contributed by atoms with Crippen LogP contribution in [0.2, 0.25) is 0 Å². The van der Waals surface area contributed by atoms with E-state index in [4.69, 9.17) is 13.9 Å². The number of piperidine rings is 1. The Labute approximate surface area is 241 Å². The molecule has 41 heavy (non-hydrogen) atoms. The molecule has 0 saturated carbocycles. The molecule has 226 valence electrons. The molecule has 1 aromatic carbocycles. The van der Waals surface area contributed by atoms with Gasteiger partial charge in [0.2, 0.25) is 5.89 Å². The second-order valence-corrected chi connectivity index (χ2v) is 12.1. The average Bonchev–Trinajstić information content (AvgIpc) is 3.58. The fourth-order valence-electron chi connectivity index (χ4n) is 5.36. The fourth-order valence-corrected chi connectivity index (χ4v) is 5.36. The van der Waals surface area contributed by atoms with E-state index in [1.165, 1.54) is 0 Å². The molecule has 0 bridgehead atoms. The van der Waals surface area contributed by atoms with Gasteiger partial charge >= 0.3 is 12.2 Å². The van der Waals surface area contributed by atoms with Crippen LogP contribution < -0.4 is 10.6 Å². The molecule has 2 amide bonds. The third-order valence-corrected chi connectivity index (χ3v) is 7.50. The van der Waals surface area contributed by atoms with Crippen LogP contribution in [0.4, 0.5) is 9.59 Å². The van der Waals surface area contributed by atoms with E-state index >= 15 is 0 Å². The Bertz CT molecular complexity index is 1140. The van der Waals surface area contributed by atoms with Crippen molar-refractivity contribution in [3.05, 3.63) is 30.2 Å². The summed E-state index contributed by atoms with van der Waals surface area (Å²) in [5.74, 6) is -0.300. The zero-order chi connectivity index (χ0) is 29.4. The van der Waals surface area contributed by atoms with Gasteiger partial charge in [-0.15, -0.1) is 0 Å². The van der Waals surface area contributed by atoms with Crippen molar-refractivity contribution in [1.82, 2.24) is 20.5 Å². The van der Waals surface area contributed by atoms with Gasteiger partial charge in [0.15, 0.2) is 5.58 Å². The van der Waals surface area contributed by atoms with Gasteiger partial charge in [-0.3, -0.25) is 4.79 Å². The number of likely N-dealkylation sites (tertiary alicyclic amines) is 1. The van der Waals surface area contributed by atoms with Crippen LogP contribution in [0, 0.1) is 5.92 Å². The summed E-state index contributed by atoms with van der Waals surface area (Å²) < 4.78 is 16.8. The van der Waals surface area contributed by atoms with Crippen molar-refractivity contribution < 1.29 is 33.4 Å². The maximum absolute atomic E-state index is 13.4. The molecule has 2 aliphatic heterocycles. The van der Waals surface area contributed by atoms with Gasteiger partial charge < -0.3 is 34.5 Å². The van der Waals surface area contributed by atoms with E-state index in [0.717, 1.165) is 19.3 Å². The predicted molar refractivity (Wildman–Crippen MR) is 152 cm³/mol. The van der Waals surface area contributed by atoms with E-state index < -0.39 is 29.8 Å². The Balaban J connectivity index is 1.32. The Morgan fingerprint density at radius 3 is 2.66 bits per heavy atom. The lowest BCUT2D eigenvalue weighted by Gasteiger charge is -2.27. The monoisotopic (exact) mass is 572 g/mol. The summed E-state index contributed by atoms with van der Waals surface area (Å²) >= 11 is 0. The van der Waals surface area contributed by atoms with E-state index in [1.807, 2.05) is 39.0 Å². The highest BCUT2D eigenvalue weighted by Gasteiger charge is 2.36. The van der Waals surface area contributed by atoms with Crippen LogP contribution >= 0.6 is 0 Å². The van der Waals surface area contributed by atoms with Crippen LogP contribution in [-0.2, 0) is 14.3 Å². The number of hydrogen-bond donors (Lipinski definition) is 3. The number of unbranched alkanes of at least 4 members (excludes halogenated alkanes) is 1. The molecule has 4 atom stereocenters. The van der Waals surface area contributed by atoms with Crippen molar-refractivity contribution in [2.75, 3.05) is 26.2 Å². The lowest BCUT2D eigenvalue weighted by molar-refractivity contribution is -0.123. The summed E-state index contributed by atoms with van der Waals surface area (Å²) in [5.41, 5.74) is 0.645. The Hall–Kier alpha value is -3.18. The maximum atomic E-state index is 13.4. The third-order valence-electron chi connectivity index (χ3n) is 7.50. The summed E-state index contributed by atoms with van der Waals surface area (Å²) in [5, 5.41) is 17.2. The highest BCUT2D eigenvalue weighted by atomic mass is 16.6. The van der Waals surface area contributed by atoms with Crippen molar-refractivity contribution in [2.24, 2.45) is 5.92 Å². The second-order valence-electron chi connectivity index (χ2n) is 12.1. The number of nitrogens with one attached hydrogen (secondary N) is 2. The van der Waals surface area contributed by atoms with Gasteiger partial charge in [0, 0.05) is 44.9 Å². The molecule has 1 aromatic heterocycles. The average molecular weight is 573 g/mol. The quantitative estimate of drug-likeness (QED) is 0.332. The first-order valence-corrected chi connectivity index (χ1v) is 14.8. The number of carbonyl (C=O) groups excluding carboxylic acids is 3. The number of ketones is 1. The molecule has 0 aliphatic carbocycles. The van der Waals surface area contributed by atoms with E-state index in [1.54, 1.807) is 11.0 Å². The molecule has 1 unspecified atom stereocenters. The van der Waals surface area contributed by atoms with Gasteiger partial charge in [-0.2, -0.15) is 0 Å². The number of ether oxygens (including phenoxy) is 2. The van der Waals surface area contributed by atoms with Gasteiger partial charge in [-0.1, -0.05) is 18.6 Å². The first kappa shape index (κ1) is 30.8. The number of Topliss-reactive ketones (excluding diaryl/α,β-unsaturated/α-hetero) is 1. The number of aromatic nitrogens is 1. The highest BCUT2D eigenvalue weighted by Crippen LogP contribution is 2.32. The highest BCUT2D eigenvalue weighted by molar-refractivity contribution is 5.84. The van der Waals surface area contributed by atoms with Crippen molar-refractivity contribution in [3.63, 3.8) is 0 Å². The molecule has 0 spiro atoms. The number of nitrogens with zero attached hydrogens (tertiary/aromatic N) is 2. The smallest absolute Gasteiger partial charge is 0.410 e. The first-order chi connectivity index (χ1) is 19.6. The number of aliphatic hydroxyl groups excluding tert-OH is 1. The normalized spacial score (nSPS) is 20.9. The number of para-hydroxylation sites is 2. The minimum absolute atomic E-state index is 0.0476. The number of alkyl carbamates (subject to hydrolysis) is 1. The van der Waals surface area contributed by atoms with Crippen molar-refractivity contribution in [1.29, 1.82) is 0 Å². The zero-order valence-corrected chi connectivity index (χ0v) is 24.4.